The highest BCUT2D eigenvalue weighted by Crippen LogP contribution is 2.22. The van der Waals surface area contributed by atoms with E-state index in [1.807, 2.05) is 31.2 Å². The first-order valence-corrected chi connectivity index (χ1v) is 6.52. The summed E-state index contributed by atoms with van der Waals surface area (Å²) in [5, 5.41) is 0. The van der Waals surface area contributed by atoms with Gasteiger partial charge in [-0.2, -0.15) is 0 Å². The minimum Gasteiger partial charge on any atom is -0.494 e. The van der Waals surface area contributed by atoms with Gasteiger partial charge in [-0.25, -0.2) is 8.78 Å². The van der Waals surface area contributed by atoms with E-state index >= 15 is 0 Å². The van der Waals surface area contributed by atoms with Gasteiger partial charge in [0.25, 0.3) is 0 Å². The Bertz CT molecular complexity index is 586. The molecule has 0 aliphatic rings. The molecule has 2 aromatic carbocycles. The van der Waals surface area contributed by atoms with E-state index in [4.69, 9.17) is 10.5 Å². The topological polar surface area (TPSA) is 35.2 Å². The first kappa shape index (κ1) is 14.5. The fraction of sp³-hybridized carbons (Fsp3) is 0.250. The van der Waals surface area contributed by atoms with Crippen LogP contribution >= 0.6 is 0 Å². The molecule has 0 fully saturated rings. The summed E-state index contributed by atoms with van der Waals surface area (Å²) in [6.07, 6.45) is 0.307. The van der Waals surface area contributed by atoms with Crippen molar-refractivity contribution in [3.05, 3.63) is 65.2 Å². The molecule has 1 unspecified atom stereocenters. The molecule has 0 spiro atoms. The summed E-state index contributed by atoms with van der Waals surface area (Å²) in [6, 6.07) is 10.6. The van der Waals surface area contributed by atoms with Crippen LogP contribution in [0.4, 0.5) is 8.78 Å². The van der Waals surface area contributed by atoms with Crippen molar-refractivity contribution in [1.29, 1.82) is 0 Å². The molecule has 0 amide bonds. The van der Waals surface area contributed by atoms with Gasteiger partial charge in [-0.3, -0.25) is 0 Å². The number of rotatable bonds is 5. The molecular weight excluding hydrogens is 260 g/mol. The van der Waals surface area contributed by atoms with Gasteiger partial charge in [0.15, 0.2) is 0 Å². The minimum absolute atomic E-state index is 0.307. The molecule has 0 saturated carbocycles. The van der Waals surface area contributed by atoms with E-state index in [0.29, 0.717) is 18.6 Å². The van der Waals surface area contributed by atoms with Crippen LogP contribution in [0.2, 0.25) is 0 Å². The Balaban J connectivity index is 2.15. The van der Waals surface area contributed by atoms with Gasteiger partial charge in [-0.15, -0.1) is 0 Å². The van der Waals surface area contributed by atoms with Crippen molar-refractivity contribution in [3.8, 4) is 5.75 Å². The van der Waals surface area contributed by atoms with Crippen molar-refractivity contribution in [3.63, 3.8) is 0 Å². The lowest BCUT2D eigenvalue weighted by atomic mass is 9.99. The maximum Gasteiger partial charge on any atom is 0.129 e. The van der Waals surface area contributed by atoms with Crippen LogP contribution in [0.1, 0.15) is 24.1 Å². The summed E-state index contributed by atoms with van der Waals surface area (Å²) in [5.74, 6) is -0.417. The SMILES string of the molecule is CCOc1cccc(C(N)Cc2ccc(F)cc2F)c1. The summed E-state index contributed by atoms with van der Waals surface area (Å²) < 4.78 is 31.9. The molecule has 0 aromatic heterocycles. The summed E-state index contributed by atoms with van der Waals surface area (Å²) in [5.41, 5.74) is 7.35. The van der Waals surface area contributed by atoms with Crippen LogP contribution in [0.15, 0.2) is 42.5 Å². The van der Waals surface area contributed by atoms with Crippen LogP contribution in [0.3, 0.4) is 0 Å². The normalized spacial score (nSPS) is 12.2. The van der Waals surface area contributed by atoms with Crippen molar-refractivity contribution in [1.82, 2.24) is 0 Å². The summed E-state index contributed by atoms with van der Waals surface area (Å²) in [7, 11) is 0. The number of benzene rings is 2. The average molecular weight is 277 g/mol. The first-order valence-electron chi connectivity index (χ1n) is 6.52. The van der Waals surface area contributed by atoms with Crippen molar-refractivity contribution in [2.24, 2.45) is 5.73 Å². The highest BCUT2D eigenvalue weighted by atomic mass is 19.1. The van der Waals surface area contributed by atoms with Crippen LogP contribution in [0.25, 0.3) is 0 Å². The lowest BCUT2D eigenvalue weighted by molar-refractivity contribution is 0.339. The van der Waals surface area contributed by atoms with Gasteiger partial charge >= 0.3 is 0 Å². The minimum atomic E-state index is -0.585. The van der Waals surface area contributed by atoms with E-state index in [2.05, 4.69) is 0 Å². The fourth-order valence-corrected chi connectivity index (χ4v) is 2.04. The van der Waals surface area contributed by atoms with Crippen molar-refractivity contribution >= 4 is 0 Å². The quantitative estimate of drug-likeness (QED) is 0.906. The van der Waals surface area contributed by atoms with Gasteiger partial charge in [0.1, 0.15) is 17.4 Å². The predicted molar refractivity (Wildman–Crippen MR) is 74.6 cm³/mol. The van der Waals surface area contributed by atoms with E-state index < -0.39 is 11.6 Å². The van der Waals surface area contributed by atoms with E-state index in [0.717, 1.165) is 17.4 Å². The van der Waals surface area contributed by atoms with Crippen LogP contribution in [-0.4, -0.2) is 6.61 Å². The average Bonchev–Trinajstić information content (AvgIpc) is 2.42. The lowest BCUT2D eigenvalue weighted by Crippen LogP contribution is -2.14. The van der Waals surface area contributed by atoms with Crippen molar-refractivity contribution < 1.29 is 13.5 Å². The molecule has 0 aliphatic heterocycles. The van der Waals surface area contributed by atoms with Gasteiger partial charge in [0.05, 0.1) is 6.61 Å². The molecular formula is C16H17F2NO. The highest BCUT2D eigenvalue weighted by molar-refractivity contribution is 5.32. The number of halogens is 2. The molecule has 2 N–H and O–H groups in total. The summed E-state index contributed by atoms with van der Waals surface area (Å²) in [4.78, 5) is 0. The first-order chi connectivity index (χ1) is 9.60. The van der Waals surface area contributed by atoms with Crippen molar-refractivity contribution in [2.45, 2.75) is 19.4 Å². The molecule has 2 rings (SSSR count). The Labute approximate surface area is 117 Å². The number of nitrogens with two attached hydrogens (primary N) is 1. The summed E-state index contributed by atoms with van der Waals surface area (Å²) >= 11 is 0. The molecule has 2 aromatic rings. The monoisotopic (exact) mass is 277 g/mol. The maximum atomic E-state index is 13.6. The van der Waals surface area contributed by atoms with Gasteiger partial charge in [0, 0.05) is 12.1 Å². The van der Waals surface area contributed by atoms with Crippen LogP contribution in [0.5, 0.6) is 5.75 Å². The molecule has 0 saturated heterocycles. The Morgan fingerprint density at radius 2 is 1.95 bits per heavy atom. The number of hydrogen-bond donors (Lipinski definition) is 1. The molecule has 2 nitrogen and oxygen atoms in total. The van der Waals surface area contributed by atoms with Gasteiger partial charge in [0.2, 0.25) is 0 Å². The van der Waals surface area contributed by atoms with Crippen molar-refractivity contribution in [2.75, 3.05) is 6.61 Å². The van der Waals surface area contributed by atoms with Gasteiger partial charge in [-0.1, -0.05) is 18.2 Å². The Hall–Kier alpha value is -1.94. The molecule has 106 valence electrons. The second-order valence-corrected chi connectivity index (χ2v) is 4.55. The van der Waals surface area contributed by atoms with Gasteiger partial charge < -0.3 is 10.5 Å². The molecule has 1 atom stereocenters. The second-order valence-electron chi connectivity index (χ2n) is 4.55. The zero-order chi connectivity index (χ0) is 14.5. The van der Waals surface area contributed by atoms with Crippen LogP contribution in [-0.2, 0) is 6.42 Å². The Kier molecular flexibility index (Phi) is 4.69. The number of ether oxygens (including phenoxy) is 1. The van der Waals surface area contributed by atoms with Crippen LogP contribution in [0, 0.1) is 11.6 Å². The van der Waals surface area contributed by atoms with Gasteiger partial charge in [-0.05, 0) is 42.7 Å². The molecule has 0 radical (unpaired) electrons. The van der Waals surface area contributed by atoms with Crippen LogP contribution < -0.4 is 10.5 Å². The van der Waals surface area contributed by atoms with E-state index in [1.165, 1.54) is 12.1 Å². The Morgan fingerprint density at radius 1 is 1.15 bits per heavy atom. The molecule has 20 heavy (non-hydrogen) atoms. The number of hydrogen-bond acceptors (Lipinski definition) is 2. The Morgan fingerprint density at radius 3 is 2.65 bits per heavy atom. The van der Waals surface area contributed by atoms with E-state index in [-0.39, 0.29) is 6.04 Å². The standard InChI is InChI=1S/C16H17F2NO/c1-2-20-14-5-3-4-12(8-14)16(19)9-11-6-7-13(17)10-15(11)18/h3-8,10,16H,2,9,19H2,1H3. The lowest BCUT2D eigenvalue weighted by Gasteiger charge is -2.14. The highest BCUT2D eigenvalue weighted by Gasteiger charge is 2.12. The zero-order valence-corrected chi connectivity index (χ0v) is 11.3. The predicted octanol–water partition coefficient (Wildman–Crippen LogP) is 3.61. The largest absolute Gasteiger partial charge is 0.494 e. The third-order valence-corrected chi connectivity index (χ3v) is 3.05. The molecule has 4 heteroatoms. The molecule has 0 heterocycles. The third-order valence-electron chi connectivity index (χ3n) is 3.05. The molecule has 0 aliphatic carbocycles. The third kappa shape index (κ3) is 3.54. The molecule has 0 bridgehead atoms. The maximum absolute atomic E-state index is 13.6. The van der Waals surface area contributed by atoms with E-state index in [1.54, 1.807) is 0 Å². The van der Waals surface area contributed by atoms with E-state index in [9.17, 15) is 8.78 Å². The fourth-order valence-electron chi connectivity index (χ4n) is 2.04. The second kappa shape index (κ2) is 6.48. The zero-order valence-electron chi connectivity index (χ0n) is 11.3. The summed E-state index contributed by atoms with van der Waals surface area (Å²) in [6.45, 7) is 2.48. The smallest absolute Gasteiger partial charge is 0.129 e.